The minimum atomic E-state index is -0.291. The Kier molecular flexibility index (Phi) is 2.68. The Bertz CT molecular complexity index is 871. The predicted molar refractivity (Wildman–Crippen MR) is 74.4 cm³/mol. The highest BCUT2D eigenvalue weighted by atomic mass is 32.1. The molecule has 3 rings (SSSR count). The molecular weight excluding hydrogens is 262 g/mol. The molecule has 0 saturated carbocycles. The molecule has 1 aromatic carbocycles. The fourth-order valence-electron chi connectivity index (χ4n) is 1.91. The van der Waals surface area contributed by atoms with Crippen LogP contribution in [0.3, 0.4) is 0 Å². The molecule has 5 heteroatoms. The number of carbonyl (C=O) groups excluding carboxylic acids is 1. The first kappa shape index (κ1) is 11.7. The molecule has 0 fully saturated rings. The van der Waals surface area contributed by atoms with Crippen LogP contribution in [0, 0.1) is 0 Å². The van der Waals surface area contributed by atoms with Gasteiger partial charge in [-0.25, -0.2) is 0 Å². The van der Waals surface area contributed by atoms with Gasteiger partial charge in [0.15, 0.2) is 5.78 Å². The van der Waals surface area contributed by atoms with E-state index >= 15 is 0 Å². The summed E-state index contributed by atoms with van der Waals surface area (Å²) in [7, 11) is 0. The molecule has 0 amide bonds. The minimum Gasteiger partial charge on any atom is -0.493 e. The molecule has 4 nitrogen and oxygen atoms in total. The summed E-state index contributed by atoms with van der Waals surface area (Å²) in [4.78, 5) is 24.8. The van der Waals surface area contributed by atoms with Crippen molar-refractivity contribution >= 4 is 35.3 Å². The van der Waals surface area contributed by atoms with Crippen molar-refractivity contribution in [3.8, 4) is 5.88 Å². The van der Waals surface area contributed by atoms with E-state index in [0.29, 0.717) is 4.88 Å². The van der Waals surface area contributed by atoms with Crippen LogP contribution < -0.4 is 15.3 Å². The van der Waals surface area contributed by atoms with Crippen LogP contribution in [0.25, 0.3) is 18.2 Å². The first-order chi connectivity index (χ1) is 9.11. The van der Waals surface area contributed by atoms with E-state index in [1.807, 2.05) is 18.2 Å². The summed E-state index contributed by atoms with van der Waals surface area (Å²) in [5.74, 6) is -0.143. The second kappa shape index (κ2) is 4.37. The maximum absolute atomic E-state index is 11.2. The van der Waals surface area contributed by atoms with Crippen LogP contribution in [0.4, 0.5) is 0 Å². The molecule has 2 N–H and O–H groups in total. The number of aromatic amines is 1. The average molecular weight is 271 g/mol. The Labute approximate surface area is 111 Å². The molecule has 1 aromatic heterocycles. The van der Waals surface area contributed by atoms with E-state index in [-0.39, 0.29) is 16.5 Å². The third-order valence-electron chi connectivity index (χ3n) is 2.79. The molecule has 0 bridgehead atoms. The number of thiazole rings is 1. The lowest BCUT2D eigenvalue weighted by atomic mass is 10.0. The number of rotatable bonds is 1. The Morgan fingerprint density at radius 3 is 2.79 bits per heavy atom. The van der Waals surface area contributed by atoms with Crippen LogP contribution in [0.1, 0.15) is 10.4 Å². The molecule has 0 radical (unpaired) electrons. The third-order valence-corrected chi connectivity index (χ3v) is 3.61. The van der Waals surface area contributed by atoms with Gasteiger partial charge in [-0.15, -0.1) is 0 Å². The van der Waals surface area contributed by atoms with Crippen LogP contribution in [0.2, 0.25) is 0 Å². The van der Waals surface area contributed by atoms with E-state index in [2.05, 4.69) is 4.98 Å². The van der Waals surface area contributed by atoms with Gasteiger partial charge in [-0.1, -0.05) is 29.5 Å². The maximum Gasteiger partial charge on any atom is 0.307 e. The summed E-state index contributed by atoms with van der Waals surface area (Å²) in [5, 5.41) is 11.3. The number of nitrogens with one attached hydrogen (secondary N) is 1. The third kappa shape index (κ3) is 2.28. The quantitative estimate of drug-likeness (QED) is 0.786. The molecule has 1 aliphatic carbocycles. The standard InChI is InChI=1S/C14H9NO3S/c16-11-4-3-9-5-8(1-2-10(9)7-11)6-12-13(17)15-14(18)19-12/h1-7,17H,(H,15,18)/b8-6+. The van der Waals surface area contributed by atoms with E-state index in [4.69, 9.17) is 0 Å². The fourth-order valence-corrected chi connectivity index (χ4v) is 2.60. The van der Waals surface area contributed by atoms with E-state index in [9.17, 15) is 14.7 Å². The van der Waals surface area contributed by atoms with Gasteiger partial charge in [-0.3, -0.25) is 14.6 Å². The lowest BCUT2D eigenvalue weighted by molar-refractivity contribution is -0.109. The number of carbonyl (C=O) groups is 1. The highest BCUT2D eigenvalue weighted by molar-refractivity contribution is 7.10. The summed E-state index contributed by atoms with van der Waals surface area (Å²) in [5.41, 5.74) is 0.940. The fraction of sp³-hybridized carbons (Fsp3) is 0. The highest BCUT2D eigenvalue weighted by Gasteiger charge is 2.04. The summed E-state index contributed by atoms with van der Waals surface area (Å²) < 4.78 is 0. The second-order valence-electron chi connectivity index (χ2n) is 4.14. The smallest absolute Gasteiger partial charge is 0.307 e. The number of aromatic hydroxyl groups is 1. The van der Waals surface area contributed by atoms with Gasteiger partial charge in [0.2, 0.25) is 5.88 Å². The number of hydrogen-bond donors (Lipinski definition) is 2. The Hall–Kier alpha value is -2.40. The van der Waals surface area contributed by atoms with E-state index in [1.165, 1.54) is 6.08 Å². The minimum absolute atomic E-state index is 0.0225. The molecule has 19 heavy (non-hydrogen) atoms. The molecule has 0 atom stereocenters. The number of hydrogen-bond acceptors (Lipinski definition) is 4. The maximum atomic E-state index is 11.2. The van der Waals surface area contributed by atoms with Crippen molar-refractivity contribution in [2.45, 2.75) is 0 Å². The number of aromatic nitrogens is 1. The van der Waals surface area contributed by atoms with Crippen molar-refractivity contribution in [3.05, 3.63) is 54.8 Å². The molecule has 0 unspecified atom stereocenters. The molecule has 0 saturated heterocycles. The topological polar surface area (TPSA) is 70.2 Å². The van der Waals surface area contributed by atoms with Gasteiger partial charge in [0, 0.05) is 0 Å². The number of fused-ring (bicyclic) bond motifs is 1. The van der Waals surface area contributed by atoms with Gasteiger partial charge < -0.3 is 5.11 Å². The summed E-state index contributed by atoms with van der Waals surface area (Å²) in [6.45, 7) is 0. The van der Waals surface area contributed by atoms with Crippen molar-refractivity contribution in [3.63, 3.8) is 0 Å². The zero-order valence-corrected chi connectivity index (χ0v) is 10.5. The number of benzene rings is 1. The number of allylic oxidation sites excluding steroid dienone is 1. The van der Waals surface area contributed by atoms with Crippen molar-refractivity contribution in [1.82, 2.24) is 4.98 Å². The zero-order valence-electron chi connectivity index (χ0n) is 9.71. The van der Waals surface area contributed by atoms with Crippen LogP contribution in [-0.4, -0.2) is 15.9 Å². The van der Waals surface area contributed by atoms with Crippen LogP contribution in [0.15, 0.2) is 29.1 Å². The van der Waals surface area contributed by atoms with Crippen molar-refractivity contribution in [1.29, 1.82) is 0 Å². The van der Waals surface area contributed by atoms with Gasteiger partial charge in [0.05, 0.1) is 4.88 Å². The molecule has 1 aliphatic rings. The summed E-state index contributed by atoms with van der Waals surface area (Å²) >= 11 is 0.950. The Morgan fingerprint density at radius 2 is 2.05 bits per heavy atom. The molecule has 0 spiro atoms. The van der Waals surface area contributed by atoms with Crippen LogP contribution in [0.5, 0.6) is 5.88 Å². The molecule has 1 heterocycles. The van der Waals surface area contributed by atoms with Crippen molar-refractivity contribution in [2.75, 3.05) is 0 Å². The van der Waals surface area contributed by atoms with Crippen LogP contribution in [-0.2, 0) is 4.79 Å². The molecular formula is C14H9NO3S. The van der Waals surface area contributed by atoms with Crippen molar-refractivity contribution < 1.29 is 9.90 Å². The molecule has 94 valence electrons. The largest absolute Gasteiger partial charge is 0.493 e. The number of ketones is 1. The van der Waals surface area contributed by atoms with Crippen molar-refractivity contribution in [2.24, 2.45) is 0 Å². The summed E-state index contributed by atoms with van der Waals surface area (Å²) in [6, 6.07) is 5.58. The monoisotopic (exact) mass is 271 g/mol. The predicted octanol–water partition coefficient (Wildman–Crippen LogP) is 0.347. The average Bonchev–Trinajstić information content (AvgIpc) is 2.68. The summed E-state index contributed by atoms with van der Waals surface area (Å²) in [6.07, 6.45) is 6.57. The van der Waals surface area contributed by atoms with Gasteiger partial charge >= 0.3 is 4.87 Å². The Morgan fingerprint density at radius 1 is 1.21 bits per heavy atom. The van der Waals surface area contributed by atoms with Gasteiger partial charge in [0.1, 0.15) is 0 Å². The zero-order chi connectivity index (χ0) is 13.4. The van der Waals surface area contributed by atoms with Gasteiger partial charge in [-0.05, 0) is 40.3 Å². The SMILES string of the molecule is O=C1C=Cc2c/c(=C/c3sc(=O)[nH]c3O)ccc2=C1. The van der Waals surface area contributed by atoms with E-state index in [1.54, 1.807) is 18.2 Å². The second-order valence-corrected chi connectivity index (χ2v) is 5.15. The normalized spacial score (nSPS) is 14.3. The van der Waals surface area contributed by atoms with Crippen LogP contribution >= 0.6 is 11.3 Å². The number of H-pyrrole nitrogens is 1. The molecule has 2 aromatic rings. The lowest BCUT2D eigenvalue weighted by Crippen LogP contribution is -2.16. The molecule has 0 aliphatic heterocycles. The highest BCUT2D eigenvalue weighted by Crippen LogP contribution is 2.15. The van der Waals surface area contributed by atoms with E-state index < -0.39 is 0 Å². The van der Waals surface area contributed by atoms with E-state index in [0.717, 1.165) is 27.3 Å². The van der Waals surface area contributed by atoms with Gasteiger partial charge in [-0.2, -0.15) is 0 Å². The van der Waals surface area contributed by atoms with Gasteiger partial charge in [0.25, 0.3) is 0 Å². The first-order valence-corrected chi connectivity index (χ1v) is 6.41. The lowest BCUT2D eigenvalue weighted by Gasteiger charge is -2.00. The first-order valence-electron chi connectivity index (χ1n) is 5.59. The Balaban J connectivity index is 2.16.